The monoisotopic (exact) mass is 431 g/mol. The fourth-order valence-electron chi connectivity index (χ4n) is 3.65. The summed E-state index contributed by atoms with van der Waals surface area (Å²) >= 11 is 0. The van der Waals surface area contributed by atoms with Crippen molar-refractivity contribution in [3.05, 3.63) is 23.8 Å². The molecule has 2 fully saturated rings. The van der Waals surface area contributed by atoms with Gasteiger partial charge < -0.3 is 24.3 Å². The third-order valence-electron chi connectivity index (χ3n) is 5.56. The second-order valence-electron chi connectivity index (χ2n) is 8.11. The molecular weight excluding hydrogens is 403 g/mol. The maximum Gasteiger partial charge on any atom is 0.420 e. The zero-order chi connectivity index (χ0) is 21.8. The van der Waals surface area contributed by atoms with Crippen molar-refractivity contribution in [2.45, 2.75) is 51.0 Å². The molecule has 1 spiro atoms. The molecule has 2 aliphatic rings. The maximum absolute atomic E-state index is 13.4. The Morgan fingerprint density at radius 2 is 1.80 bits per heavy atom. The van der Waals surface area contributed by atoms with E-state index >= 15 is 0 Å². The molecule has 6 nitrogen and oxygen atoms in total. The van der Waals surface area contributed by atoms with E-state index < -0.39 is 28.8 Å². The van der Waals surface area contributed by atoms with Crippen molar-refractivity contribution < 1.29 is 36.9 Å². The van der Waals surface area contributed by atoms with Crippen molar-refractivity contribution in [3.8, 4) is 5.75 Å². The van der Waals surface area contributed by atoms with E-state index in [1.165, 1.54) is 19.2 Å². The summed E-state index contributed by atoms with van der Waals surface area (Å²) in [7, 11) is 1.43. The number of ether oxygens (including phenoxy) is 4. The van der Waals surface area contributed by atoms with Gasteiger partial charge in [-0.25, -0.2) is 0 Å². The molecule has 0 atom stereocenters. The fourth-order valence-corrected chi connectivity index (χ4v) is 3.65. The number of alkyl halides is 3. The van der Waals surface area contributed by atoms with Gasteiger partial charge in [-0.1, -0.05) is 6.42 Å². The first kappa shape index (κ1) is 22.8. The standard InChI is InChI=1S/C21H28F3NO5/c1-19(13-29-20(30-14-19)8-4-3-5-9-20)18(26)25-15-6-7-17(28-11-10-27-2)16(12-15)21(22,23)24/h6-7,12H,3-5,8-11,13-14H2,1-2H3,(H,25,26). The number of halogens is 3. The summed E-state index contributed by atoms with van der Waals surface area (Å²) in [6.07, 6.45) is 0.134. The van der Waals surface area contributed by atoms with Crippen LogP contribution in [0.5, 0.6) is 5.75 Å². The lowest BCUT2D eigenvalue weighted by Gasteiger charge is -2.45. The molecular formula is C21H28F3NO5. The molecule has 1 N–H and O–H groups in total. The minimum absolute atomic E-state index is 0.0141. The molecule has 1 saturated carbocycles. The van der Waals surface area contributed by atoms with E-state index in [-0.39, 0.29) is 37.9 Å². The van der Waals surface area contributed by atoms with Crippen molar-refractivity contribution in [2.75, 3.05) is 38.9 Å². The van der Waals surface area contributed by atoms with Gasteiger partial charge in [-0.3, -0.25) is 4.79 Å². The molecule has 168 valence electrons. The van der Waals surface area contributed by atoms with Gasteiger partial charge in [0.05, 0.1) is 30.8 Å². The van der Waals surface area contributed by atoms with Crippen LogP contribution in [0.4, 0.5) is 18.9 Å². The normalized spacial score (nSPS) is 20.7. The summed E-state index contributed by atoms with van der Waals surface area (Å²) in [4.78, 5) is 12.8. The number of carbonyl (C=O) groups is 1. The van der Waals surface area contributed by atoms with Gasteiger partial charge in [-0.15, -0.1) is 0 Å². The smallest absolute Gasteiger partial charge is 0.420 e. The van der Waals surface area contributed by atoms with Gasteiger partial charge in [0.15, 0.2) is 5.79 Å². The van der Waals surface area contributed by atoms with Crippen molar-refractivity contribution >= 4 is 11.6 Å². The van der Waals surface area contributed by atoms with Crippen molar-refractivity contribution in [2.24, 2.45) is 5.41 Å². The number of anilines is 1. The predicted molar refractivity (Wildman–Crippen MR) is 103 cm³/mol. The van der Waals surface area contributed by atoms with Crippen LogP contribution < -0.4 is 10.1 Å². The zero-order valence-electron chi connectivity index (χ0n) is 17.3. The van der Waals surface area contributed by atoms with Crippen LogP contribution >= 0.6 is 0 Å². The lowest BCUT2D eigenvalue weighted by molar-refractivity contribution is -0.306. The van der Waals surface area contributed by atoms with Gasteiger partial charge in [0.1, 0.15) is 12.4 Å². The molecule has 0 unspecified atom stereocenters. The minimum Gasteiger partial charge on any atom is -0.491 e. The van der Waals surface area contributed by atoms with Gasteiger partial charge >= 0.3 is 6.18 Å². The van der Waals surface area contributed by atoms with Gasteiger partial charge in [0.2, 0.25) is 5.91 Å². The summed E-state index contributed by atoms with van der Waals surface area (Å²) in [5, 5.41) is 2.57. The van der Waals surface area contributed by atoms with E-state index in [1.54, 1.807) is 6.92 Å². The number of hydrogen-bond acceptors (Lipinski definition) is 5. The lowest BCUT2D eigenvalue weighted by Crippen LogP contribution is -2.53. The van der Waals surface area contributed by atoms with Crippen LogP contribution in [0.3, 0.4) is 0 Å². The van der Waals surface area contributed by atoms with Crippen molar-refractivity contribution in [1.29, 1.82) is 0 Å². The first-order valence-electron chi connectivity index (χ1n) is 10.1. The Hall–Kier alpha value is -1.84. The highest BCUT2D eigenvalue weighted by Crippen LogP contribution is 2.41. The maximum atomic E-state index is 13.4. The fraction of sp³-hybridized carbons (Fsp3) is 0.667. The summed E-state index contributed by atoms with van der Waals surface area (Å²) in [5.74, 6) is -1.38. The van der Waals surface area contributed by atoms with Crippen LogP contribution in [0.15, 0.2) is 18.2 Å². The van der Waals surface area contributed by atoms with E-state index in [2.05, 4.69) is 5.32 Å². The van der Waals surface area contributed by atoms with Crippen LogP contribution in [0.2, 0.25) is 0 Å². The van der Waals surface area contributed by atoms with Gasteiger partial charge in [-0.2, -0.15) is 13.2 Å². The molecule has 0 radical (unpaired) electrons. The molecule has 1 saturated heterocycles. The quantitative estimate of drug-likeness (QED) is 0.677. The Bertz CT molecular complexity index is 737. The Morgan fingerprint density at radius 1 is 1.13 bits per heavy atom. The zero-order valence-corrected chi connectivity index (χ0v) is 17.3. The van der Waals surface area contributed by atoms with Crippen LogP contribution in [0, 0.1) is 5.41 Å². The number of amides is 1. The molecule has 1 aromatic carbocycles. The molecule has 1 aliphatic carbocycles. The number of methoxy groups -OCH3 is 1. The van der Waals surface area contributed by atoms with Crippen molar-refractivity contribution in [3.63, 3.8) is 0 Å². The topological polar surface area (TPSA) is 66.0 Å². The summed E-state index contributed by atoms with van der Waals surface area (Å²) in [6, 6.07) is 3.45. The highest BCUT2D eigenvalue weighted by Gasteiger charge is 2.46. The summed E-state index contributed by atoms with van der Waals surface area (Å²) < 4.78 is 62.2. The first-order chi connectivity index (χ1) is 14.2. The molecule has 9 heteroatoms. The van der Waals surface area contributed by atoms with E-state index in [4.69, 9.17) is 18.9 Å². The first-order valence-corrected chi connectivity index (χ1v) is 10.1. The second-order valence-corrected chi connectivity index (χ2v) is 8.11. The minimum atomic E-state index is -4.63. The predicted octanol–water partition coefficient (Wildman–Crippen LogP) is 4.38. The molecule has 1 aromatic rings. The van der Waals surface area contributed by atoms with Crippen LogP contribution in [-0.4, -0.2) is 45.2 Å². The number of carbonyl (C=O) groups excluding carboxylic acids is 1. The number of rotatable bonds is 6. The lowest BCUT2D eigenvalue weighted by atomic mass is 9.87. The average Bonchev–Trinajstić information content (AvgIpc) is 2.71. The van der Waals surface area contributed by atoms with E-state index in [0.717, 1.165) is 38.2 Å². The van der Waals surface area contributed by atoms with E-state index in [0.29, 0.717) is 0 Å². The summed E-state index contributed by atoms with van der Waals surface area (Å²) in [6.45, 7) is 2.15. The molecule has 0 bridgehead atoms. The summed E-state index contributed by atoms with van der Waals surface area (Å²) in [5.41, 5.74) is -1.92. The average molecular weight is 431 g/mol. The highest BCUT2D eigenvalue weighted by molar-refractivity contribution is 5.95. The largest absolute Gasteiger partial charge is 0.491 e. The van der Waals surface area contributed by atoms with Crippen molar-refractivity contribution in [1.82, 2.24) is 0 Å². The number of nitrogens with one attached hydrogen (secondary N) is 1. The second kappa shape index (κ2) is 9.11. The number of benzene rings is 1. The third kappa shape index (κ3) is 5.25. The highest BCUT2D eigenvalue weighted by atomic mass is 19.4. The molecule has 30 heavy (non-hydrogen) atoms. The third-order valence-corrected chi connectivity index (χ3v) is 5.56. The van der Waals surface area contributed by atoms with E-state index in [9.17, 15) is 18.0 Å². The Kier molecular flexibility index (Phi) is 6.94. The van der Waals surface area contributed by atoms with Gasteiger partial charge in [0, 0.05) is 25.6 Å². The molecule has 0 aromatic heterocycles. The molecule has 1 amide bonds. The molecule has 1 aliphatic heterocycles. The SMILES string of the molecule is COCCOc1ccc(NC(=O)C2(C)COC3(CCCCC3)OC2)cc1C(F)(F)F. The van der Waals surface area contributed by atoms with Gasteiger partial charge in [-0.05, 0) is 38.0 Å². The van der Waals surface area contributed by atoms with Crippen LogP contribution in [0.1, 0.15) is 44.6 Å². The molecule has 1 heterocycles. The Balaban J connectivity index is 1.68. The Morgan fingerprint density at radius 3 is 2.40 bits per heavy atom. The van der Waals surface area contributed by atoms with Crippen LogP contribution in [0.25, 0.3) is 0 Å². The molecule has 3 rings (SSSR count). The number of hydrogen-bond donors (Lipinski definition) is 1. The van der Waals surface area contributed by atoms with Gasteiger partial charge in [0.25, 0.3) is 0 Å². The Labute approximate surface area is 174 Å². The van der Waals surface area contributed by atoms with E-state index in [1.807, 2.05) is 0 Å². The van der Waals surface area contributed by atoms with Crippen LogP contribution in [-0.2, 0) is 25.2 Å².